The van der Waals surface area contributed by atoms with Gasteiger partial charge in [0.1, 0.15) is 27.1 Å². The van der Waals surface area contributed by atoms with Gasteiger partial charge in [-0.3, -0.25) is 4.79 Å². The first kappa shape index (κ1) is 18.9. The summed E-state index contributed by atoms with van der Waals surface area (Å²) in [6.45, 7) is 3.56. The number of aryl methyl sites for hydroxylation is 1. The molecule has 0 bridgehead atoms. The number of hydrogen-bond acceptors (Lipinski definition) is 7. The van der Waals surface area contributed by atoms with Gasteiger partial charge in [-0.15, -0.1) is 22.7 Å². The average molecular weight is 407 g/mol. The van der Waals surface area contributed by atoms with Gasteiger partial charge >= 0.3 is 5.97 Å². The smallest absolute Gasteiger partial charge is 0.339 e. The van der Waals surface area contributed by atoms with Crippen LogP contribution in [0.1, 0.15) is 28.0 Å². The highest BCUT2D eigenvalue weighted by atomic mass is 32.1. The molecule has 10 heteroatoms. The molecule has 7 nitrogen and oxygen atoms in total. The van der Waals surface area contributed by atoms with E-state index >= 15 is 0 Å². The summed E-state index contributed by atoms with van der Waals surface area (Å²) < 4.78 is 14.3. The zero-order chi connectivity index (χ0) is 19.7. The van der Waals surface area contributed by atoms with Crippen LogP contribution in [0.15, 0.2) is 17.5 Å². The van der Waals surface area contributed by atoms with Crippen LogP contribution < -0.4 is 5.32 Å². The molecule has 0 aliphatic rings. The monoisotopic (exact) mass is 407 g/mol. The van der Waals surface area contributed by atoms with E-state index in [0.29, 0.717) is 17.2 Å². The lowest BCUT2D eigenvalue weighted by Crippen LogP contribution is -2.18. The Bertz CT molecular complexity index is 1040. The van der Waals surface area contributed by atoms with Gasteiger partial charge in [0.25, 0.3) is 0 Å². The highest BCUT2D eigenvalue weighted by molar-refractivity contribution is 7.16. The molecule has 2 aromatic heterocycles. The van der Waals surface area contributed by atoms with Crippen molar-refractivity contribution in [2.45, 2.75) is 20.4 Å². The van der Waals surface area contributed by atoms with Crippen molar-refractivity contribution in [3.63, 3.8) is 0 Å². The topological polar surface area (TPSA) is 112 Å². The van der Waals surface area contributed by atoms with Crippen molar-refractivity contribution >= 4 is 34.6 Å². The van der Waals surface area contributed by atoms with Crippen LogP contribution in [0.4, 0.5) is 4.39 Å². The van der Waals surface area contributed by atoms with Crippen LogP contribution in [0.2, 0.25) is 0 Å². The van der Waals surface area contributed by atoms with Crippen LogP contribution in [-0.4, -0.2) is 32.1 Å². The van der Waals surface area contributed by atoms with Crippen LogP contribution in [0, 0.1) is 12.7 Å². The van der Waals surface area contributed by atoms with Gasteiger partial charge in [-0.1, -0.05) is 0 Å². The fraction of sp³-hybridized carbons (Fsp3) is 0.176. The number of rotatable bonds is 5. The summed E-state index contributed by atoms with van der Waals surface area (Å²) in [4.78, 5) is 31.6. The first-order chi connectivity index (χ1) is 12.8. The number of phenols is 1. The number of halogens is 1. The summed E-state index contributed by atoms with van der Waals surface area (Å²) in [5.74, 6) is -2.87. The highest BCUT2D eigenvalue weighted by Gasteiger charge is 2.19. The van der Waals surface area contributed by atoms with E-state index in [-0.39, 0.29) is 11.5 Å². The maximum absolute atomic E-state index is 14.3. The Morgan fingerprint density at radius 2 is 2.04 bits per heavy atom. The Hall–Kier alpha value is -2.85. The van der Waals surface area contributed by atoms with Crippen LogP contribution in [-0.2, 0) is 11.3 Å². The number of carboxylic acid groups (broad SMARTS) is 1. The number of carbonyl (C=O) groups is 2. The van der Waals surface area contributed by atoms with Gasteiger partial charge in [-0.25, -0.2) is 19.2 Å². The Morgan fingerprint density at radius 1 is 1.30 bits per heavy atom. The summed E-state index contributed by atoms with van der Waals surface area (Å²) in [5, 5.41) is 24.2. The van der Waals surface area contributed by atoms with E-state index in [1.165, 1.54) is 29.6 Å². The summed E-state index contributed by atoms with van der Waals surface area (Å²) in [6.07, 6.45) is 0. The van der Waals surface area contributed by atoms with E-state index in [2.05, 4.69) is 15.3 Å². The number of benzene rings is 1. The fourth-order valence-electron chi connectivity index (χ4n) is 2.36. The van der Waals surface area contributed by atoms with Crippen LogP contribution in [0.3, 0.4) is 0 Å². The molecule has 3 aromatic rings. The molecule has 140 valence electrons. The first-order valence-corrected chi connectivity index (χ1v) is 9.38. The van der Waals surface area contributed by atoms with Crippen molar-refractivity contribution in [2.75, 3.05) is 0 Å². The summed E-state index contributed by atoms with van der Waals surface area (Å²) in [6, 6.07) is 1.83. The number of thiazole rings is 2. The quantitative estimate of drug-likeness (QED) is 0.597. The van der Waals surface area contributed by atoms with Gasteiger partial charge in [0.15, 0.2) is 0 Å². The first-order valence-electron chi connectivity index (χ1n) is 7.69. The summed E-state index contributed by atoms with van der Waals surface area (Å²) >= 11 is 2.54. The standard InChI is InChI=1S/C17H14FN3O4S2/c1-7-15(27-14(20-7)5-19-8(2)22)12-6-26-16(21-12)9-4-13(23)10(17(24)25)3-11(9)18/h3-4,6,23H,5H2,1-2H3,(H,19,22)(H,24,25). The fourth-order valence-corrected chi connectivity index (χ4v) is 4.23. The molecule has 0 fully saturated rings. The van der Waals surface area contributed by atoms with Crippen molar-refractivity contribution in [2.24, 2.45) is 0 Å². The summed E-state index contributed by atoms with van der Waals surface area (Å²) in [7, 11) is 0. The number of hydrogen-bond donors (Lipinski definition) is 3. The minimum Gasteiger partial charge on any atom is -0.507 e. The third-order valence-electron chi connectivity index (χ3n) is 3.61. The van der Waals surface area contributed by atoms with Gasteiger partial charge in [0.2, 0.25) is 5.91 Å². The van der Waals surface area contributed by atoms with Crippen LogP contribution in [0.5, 0.6) is 5.75 Å². The Kier molecular flexibility index (Phi) is 5.19. The Labute approximate surface area is 161 Å². The second-order valence-corrected chi connectivity index (χ2v) is 7.57. The molecule has 27 heavy (non-hydrogen) atoms. The molecule has 0 atom stereocenters. The largest absolute Gasteiger partial charge is 0.507 e. The van der Waals surface area contributed by atoms with E-state index in [1.54, 1.807) is 5.38 Å². The maximum Gasteiger partial charge on any atom is 0.339 e. The molecule has 0 saturated heterocycles. The van der Waals surface area contributed by atoms with E-state index < -0.39 is 23.1 Å². The molecule has 3 N–H and O–H groups in total. The predicted octanol–water partition coefficient (Wildman–Crippen LogP) is 3.42. The van der Waals surface area contributed by atoms with Crippen molar-refractivity contribution in [3.05, 3.63) is 39.6 Å². The molecular formula is C17H14FN3O4S2. The van der Waals surface area contributed by atoms with Gasteiger partial charge in [0.05, 0.1) is 22.8 Å². The van der Waals surface area contributed by atoms with E-state index in [0.717, 1.165) is 27.7 Å². The maximum atomic E-state index is 14.3. The van der Waals surface area contributed by atoms with Gasteiger partial charge in [0, 0.05) is 17.9 Å². The van der Waals surface area contributed by atoms with Crippen molar-refractivity contribution in [3.8, 4) is 26.9 Å². The minimum atomic E-state index is -1.41. The molecule has 0 radical (unpaired) electrons. The highest BCUT2D eigenvalue weighted by Crippen LogP contribution is 2.36. The predicted molar refractivity (Wildman–Crippen MR) is 99.5 cm³/mol. The average Bonchev–Trinajstić information content (AvgIpc) is 3.21. The molecule has 2 heterocycles. The molecule has 0 unspecified atom stereocenters. The van der Waals surface area contributed by atoms with Crippen LogP contribution in [0.25, 0.3) is 21.1 Å². The van der Waals surface area contributed by atoms with Crippen molar-refractivity contribution in [1.82, 2.24) is 15.3 Å². The lowest BCUT2D eigenvalue weighted by molar-refractivity contribution is -0.119. The molecule has 1 amide bonds. The third kappa shape index (κ3) is 3.96. The Balaban J connectivity index is 1.93. The van der Waals surface area contributed by atoms with Crippen molar-refractivity contribution in [1.29, 1.82) is 0 Å². The lowest BCUT2D eigenvalue weighted by atomic mass is 10.1. The molecular weight excluding hydrogens is 393 g/mol. The number of carbonyl (C=O) groups excluding carboxylic acids is 1. The second kappa shape index (κ2) is 7.41. The lowest BCUT2D eigenvalue weighted by Gasteiger charge is -2.04. The van der Waals surface area contributed by atoms with Crippen molar-refractivity contribution < 1.29 is 24.2 Å². The zero-order valence-corrected chi connectivity index (χ0v) is 15.9. The molecule has 0 saturated carbocycles. The minimum absolute atomic E-state index is 0.0226. The second-order valence-electron chi connectivity index (χ2n) is 5.62. The van der Waals surface area contributed by atoms with E-state index in [1.807, 2.05) is 6.92 Å². The Morgan fingerprint density at radius 3 is 2.70 bits per heavy atom. The zero-order valence-electron chi connectivity index (χ0n) is 14.2. The van der Waals surface area contributed by atoms with Crippen LogP contribution >= 0.6 is 22.7 Å². The molecule has 0 aliphatic carbocycles. The number of nitrogens with zero attached hydrogens (tertiary/aromatic N) is 2. The van der Waals surface area contributed by atoms with Gasteiger partial charge in [-0.05, 0) is 19.1 Å². The number of aromatic carboxylic acids is 1. The normalized spacial score (nSPS) is 10.8. The van der Waals surface area contributed by atoms with E-state index in [9.17, 15) is 19.1 Å². The summed E-state index contributed by atoms with van der Waals surface area (Å²) in [5.41, 5.74) is 0.852. The molecule has 1 aromatic carbocycles. The van der Waals surface area contributed by atoms with Gasteiger partial charge < -0.3 is 15.5 Å². The number of nitrogens with one attached hydrogen (secondary N) is 1. The van der Waals surface area contributed by atoms with E-state index in [4.69, 9.17) is 5.11 Å². The number of aromatic nitrogens is 2. The third-order valence-corrected chi connectivity index (χ3v) is 5.67. The number of aromatic hydroxyl groups is 1. The molecule has 0 spiro atoms. The molecule has 0 aliphatic heterocycles. The number of carboxylic acids is 1. The van der Waals surface area contributed by atoms with Gasteiger partial charge in [-0.2, -0.15) is 0 Å². The SMILES string of the molecule is CC(=O)NCc1nc(C)c(-c2csc(-c3cc(O)c(C(=O)O)cc3F)n2)s1. The molecule has 3 rings (SSSR count). The number of amides is 1.